The summed E-state index contributed by atoms with van der Waals surface area (Å²) >= 11 is 5.49. The van der Waals surface area contributed by atoms with Gasteiger partial charge in [0.15, 0.2) is 0 Å². The van der Waals surface area contributed by atoms with Crippen molar-refractivity contribution >= 4 is 17.3 Å². The van der Waals surface area contributed by atoms with Gasteiger partial charge < -0.3 is 0 Å². The van der Waals surface area contributed by atoms with Gasteiger partial charge in [-0.1, -0.05) is 17.7 Å². The topological polar surface area (TPSA) is 43.1 Å². The van der Waals surface area contributed by atoms with Crippen LogP contribution in [0.4, 0.5) is 10.1 Å². The molecule has 0 aliphatic heterocycles. The Morgan fingerprint density at radius 1 is 1.58 bits per heavy atom. The van der Waals surface area contributed by atoms with Crippen molar-refractivity contribution in [1.82, 2.24) is 0 Å². The van der Waals surface area contributed by atoms with Gasteiger partial charge in [0, 0.05) is 0 Å². The molecule has 0 saturated heterocycles. The molecule has 0 N–H and O–H groups in total. The molecule has 0 saturated carbocycles. The molecule has 1 rings (SSSR count). The largest absolute Gasteiger partial charge is 0.293 e. The highest BCUT2D eigenvalue weighted by Crippen LogP contribution is 2.28. The first-order valence-corrected chi connectivity index (χ1v) is 3.52. The Labute approximate surface area is 72.9 Å². The number of nitro groups is 1. The summed E-state index contributed by atoms with van der Waals surface area (Å²) < 4.78 is 12.2. The zero-order valence-corrected chi connectivity index (χ0v) is 6.71. The van der Waals surface area contributed by atoms with E-state index < -0.39 is 11.6 Å². The quantitative estimate of drug-likeness (QED) is 0.530. The van der Waals surface area contributed by atoms with Gasteiger partial charge in [0.1, 0.15) is 11.7 Å². The molecule has 5 heteroatoms. The molecule has 1 aromatic rings. The maximum Gasteiger partial charge on any atom is 0.293 e. The van der Waals surface area contributed by atoms with Crippen molar-refractivity contribution in [3.63, 3.8) is 0 Å². The van der Waals surface area contributed by atoms with Crippen LogP contribution in [0.2, 0.25) is 5.02 Å². The lowest BCUT2D eigenvalue weighted by Crippen LogP contribution is -1.94. The Kier molecular flexibility index (Phi) is 2.60. The second kappa shape index (κ2) is 3.49. The van der Waals surface area contributed by atoms with E-state index in [1.165, 1.54) is 18.2 Å². The van der Waals surface area contributed by atoms with Crippen LogP contribution in [-0.4, -0.2) is 4.92 Å². The average molecular weight is 190 g/mol. The van der Waals surface area contributed by atoms with Crippen LogP contribution in [0, 0.1) is 10.1 Å². The van der Waals surface area contributed by atoms with Crippen LogP contribution in [-0.2, 0) is 6.67 Å². The third-order valence-corrected chi connectivity index (χ3v) is 1.70. The Hall–Kier alpha value is -1.16. The molecule has 64 valence electrons. The molecule has 0 unspecified atom stereocenters. The van der Waals surface area contributed by atoms with Crippen LogP contribution in [0.3, 0.4) is 0 Å². The van der Waals surface area contributed by atoms with Crippen LogP contribution >= 0.6 is 11.6 Å². The minimum Gasteiger partial charge on any atom is -0.258 e. The lowest BCUT2D eigenvalue weighted by atomic mass is 10.2. The molecule has 0 amide bonds. The van der Waals surface area contributed by atoms with Gasteiger partial charge in [-0.25, -0.2) is 4.39 Å². The van der Waals surface area contributed by atoms with Gasteiger partial charge in [-0.2, -0.15) is 0 Å². The number of para-hydroxylation sites is 1. The smallest absolute Gasteiger partial charge is 0.258 e. The van der Waals surface area contributed by atoms with Crippen molar-refractivity contribution in [2.45, 2.75) is 6.67 Å². The van der Waals surface area contributed by atoms with E-state index >= 15 is 0 Å². The van der Waals surface area contributed by atoms with Gasteiger partial charge in [0.2, 0.25) is 0 Å². The SMILES string of the molecule is O=[N+]([O-])c1c(Cl)cccc1CF. The highest BCUT2D eigenvalue weighted by atomic mass is 35.5. The Balaban J connectivity index is 3.29. The van der Waals surface area contributed by atoms with Gasteiger partial charge in [-0.05, 0) is 12.1 Å². The molecule has 1 aromatic carbocycles. The molecule has 0 bridgehead atoms. The van der Waals surface area contributed by atoms with E-state index in [0.29, 0.717) is 0 Å². The Morgan fingerprint density at radius 2 is 2.25 bits per heavy atom. The summed E-state index contributed by atoms with van der Waals surface area (Å²) in [6.45, 7) is -0.878. The molecule has 0 fully saturated rings. The van der Waals surface area contributed by atoms with Crippen LogP contribution < -0.4 is 0 Å². The minimum absolute atomic E-state index is 0.00694. The monoisotopic (exact) mass is 189 g/mol. The summed E-state index contributed by atoms with van der Waals surface area (Å²) in [4.78, 5) is 9.67. The second-order valence-corrected chi connectivity index (χ2v) is 2.55. The molecule has 0 aliphatic carbocycles. The first-order valence-electron chi connectivity index (χ1n) is 3.14. The van der Waals surface area contributed by atoms with Crippen molar-refractivity contribution < 1.29 is 9.31 Å². The number of hydrogen-bond donors (Lipinski definition) is 0. The van der Waals surface area contributed by atoms with Crippen molar-refractivity contribution in [2.75, 3.05) is 0 Å². The summed E-state index contributed by atoms with van der Waals surface area (Å²) in [5.74, 6) is 0. The van der Waals surface area contributed by atoms with Gasteiger partial charge in [-0.3, -0.25) is 10.1 Å². The van der Waals surface area contributed by atoms with Crippen LogP contribution in [0.25, 0.3) is 0 Å². The maximum atomic E-state index is 12.2. The van der Waals surface area contributed by atoms with E-state index in [9.17, 15) is 14.5 Å². The fourth-order valence-electron chi connectivity index (χ4n) is 0.872. The van der Waals surface area contributed by atoms with Crippen molar-refractivity contribution in [1.29, 1.82) is 0 Å². The normalized spacial score (nSPS) is 9.83. The number of benzene rings is 1. The van der Waals surface area contributed by atoms with E-state index in [1.54, 1.807) is 0 Å². The number of rotatable bonds is 2. The Morgan fingerprint density at radius 3 is 2.67 bits per heavy atom. The molecule has 0 atom stereocenters. The predicted octanol–water partition coefficient (Wildman–Crippen LogP) is 2.72. The summed E-state index contributed by atoms with van der Waals surface area (Å²) in [6.07, 6.45) is 0. The lowest BCUT2D eigenvalue weighted by molar-refractivity contribution is -0.385. The van der Waals surface area contributed by atoms with Crippen LogP contribution in [0.1, 0.15) is 5.56 Å². The summed E-state index contributed by atoms with van der Waals surface area (Å²) in [6, 6.07) is 4.17. The van der Waals surface area contributed by atoms with Crippen LogP contribution in [0.15, 0.2) is 18.2 Å². The van der Waals surface area contributed by atoms with Gasteiger partial charge >= 0.3 is 0 Å². The highest BCUT2D eigenvalue weighted by molar-refractivity contribution is 6.32. The molecule has 3 nitrogen and oxygen atoms in total. The van der Waals surface area contributed by atoms with E-state index in [4.69, 9.17) is 11.6 Å². The minimum atomic E-state index is -0.878. The molecule has 12 heavy (non-hydrogen) atoms. The molecule has 0 heterocycles. The number of nitrogens with zero attached hydrogens (tertiary/aromatic N) is 1. The van der Waals surface area contributed by atoms with Crippen LogP contribution in [0.5, 0.6) is 0 Å². The molecule has 0 aliphatic rings. The van der Waals surface area contributed by atoms with E-state index in [2.05, 4.69) is 0 Å². The van der Waals surface area contributed by atoms with Crippen molar-refractivity contribution in [3.05, 3.63) is 38.9 Å². The molecule has 0 radical (unpaired) electrons. The van der Waals surface area contributed by atoms with Gasteiger partial charge in [0.05, 0.1) is 10.5 Å². The Bertz CT molecular complexity index is 316. The first-order chi connectivity index (χ1) is 5.66. The predicted molar refractivity (Wildman–Crippen MR) is 42.9 cm³/mol. The number of hydrogen-bond acceptors (Lipinski definition) is 2. The third kappa shape index (κ3) is 1.53. The number of nitro benzene ring substituents is 1. The molecular formula is C7H5ClFNO2. The van der Waals surface area contributed by atoms with E-state index in [-0.39, 0.29) is 16.3 Å². The van der Waals surface area contributed by atoms with Gasteiger partial charge in [0.25, 0.3) is 5.69 Å². The summed E-state index contributed by atoms with van der Waals surface area (Å²) in [7, 11) is 0. The number of halogens is 2. The van der Waals surface area contributed by atoms with Gasteiger partial charge in [-0.15, -0.1) is 0 Å². The van der Waals surface area contributed by atoms with E-state index in [0.717, 1.165) is 0 Å². The van der Waals surface area contributed by atoms with E-state index in [1.807, 2.05) is 0 Å². The third-order valence-electron chi connectivity index (χ3n) is 1.40. The molecule has 0 spiro atoms. The zero-order valence-electron chi connectivity index (χ0n) is 5.96. The maximum absolute atomic E-state index is 12.2. The summed E-state index contributed by atoms with van der Waals surface area (Å²) in [5.41, 5.74) is -0.339. The second-order valence-electron chi connectivity index (χ2n) is 2.14. The highest BCUT2D eigenvalue weighted by Gasteiger charge is 2.17. The standard InChI is InChI=1S/C7H5ClFNO2/c8-6-3-1-2-5(4-9)7(6)10(11)12/h1-3H,4H2. The van der Waals surface area contributed by atoms with Crippen molar-refractivity contribution in [2.24, 2.45) is 0 Å². The lowest BCUT2D eigenvalue weighted by Gasteiger charge is -1.98. The first kappa shape index (κ1) is 8.93. The fraction of sp³-hybridized carbons (Fsp3) is 0.143. The zero-order chi connectivity index (χ0) is 9.14. The molecule has 0 aromatic heterocycles. The fourth-order valence-corrected chi connectivity index (χ4v) is 1.14. The average Bonchev–Trinajstić information content (AvgIpc) is 2.03. The number of alkyl halides is 1. The molecular weight excluding hydrogens is 185 g/mol. The van der Waals surface area contributed by atoms with Crippen molar-refractivity contribution in [3.8, 4) is 0 Å². The summed E-state index contributed by atoms with van der Waals surface area (Å²) in [5, 5.41) is 10.3.